The molecule has 0 radical (unpaired) electrons. The Morgan fingerprint density at radius 1 is 0.400 bits per heavy atom. The summed E-state index contributed by atoms with van der Waals surface area (Å²) in [6.45, 7) is 2.06. The molecular weight excluding hydrogens is 1350 g/mol. The molecule has 4 aliphatic carbocycles. The highest BCUT2D eigenvalue weighted by Crippen LogP contribution is 2.74. The van der Waals surface area contributed by atoms with Gasteiger partial charge < -0.3 is 184 Å². The second-order valence-corrected chi connectivity index (χ2v) is 29.3. The van der Waals surface area contributed by atoms with Gasteiger partial charge in [0.05, 0.1) is 57.3 Å². The second-order valence-electron chi connectivity index (χ2n) is 29.3. The third-order valence-corrected chi connectivity index (χ3v) is 23.4. The number of rotatable bonds is 21. The summed E-state index contributed by atoms with van der Waals surface area (Å²) in [5.74, 6) is -1.57. The molecule has 4 saturated carbocycles. The molecule has 0 aromatic rings. The van der Waals surface area contributed by atoms with Crippen LogP contribution < -0.4 is 0 Å². The van der Waals surface area contributed by atoms with Gasteiger partial charge in [-0.3, -0.25) is 4.79 Å². The SMILES string of the molecule is C=C1CC23CC[C@H]4[C@@](C)(CCC[C@@]4(C)C(=O)O[C@@H]4O[C@H](CO)[C@@H](O)[C@H](O[C@@H]5O[C@H](CO[C@@H]6O[C@H](CO)[C@@H](O)[C@H](O)[C@H]6O)[C@@H](O)[C@H](O)[C@H]5O)[C@H]4O[C@@H]4O[C@H](CO)[C@@H](O)[C@H](O)[C@H]4O)[C@@H]2CC[C@]1(O[C@@H]1O[C@H](CO)[C@@H](O[C@@H]2O[C@H](CO)[C@@H](O)[C@H](O)[C@H]2O)[C@H](O)[C@H]1O[C@@H]1O[C@H](CO)[C@@H](O)[C@H](O)[C@H]1O)C3. The smallest absolute Gasteiger partial charge is 0.314 e. The van der Waals surface area contributed by atoms with Crippen molar-refractivity contribution in [2.75, 3.05) is 46.2 Å². The maximum absolute atomic E-state index is 15.6. The third kappa shape index (κ3) is 14.1. The molecule has 11 aliphatic rings. The normalized spacial score (nSPS) is 54.5. The quantitative estimate of drug-likeness (QED) is 0.0288. The maximum atomic E-state index is 15.6. The highest BCUT2D eigenvalue weighted by atomic mass is 16.8. The van der Waals surface area contributed by atoms with Crippen molar-refractivity contribution in [2.45, 2.75) is 292 Å². The van der Waals surface area contributed by atoms with Gasteiger partial charge in [0, 0.05) is 0 Å². The minimum absolute atomic E-state index is 0.190. The monoisotopic (exact) mass is 1450 g/mol. The number of carbonyl (C=O) groups excluding carboxylic acids is 1. The molecule has 23 N–H and O–H groups in total. The minimum atomic E-state index is -2.20. The predicted molar refractivity (Wildman–Crippen MR) is 317 cm³/mol. The molecule has 38 heteroatoms. The molecule has 7 saturated heterocycles. The van der Waals surface area contributed by atoms with Gasteiger partial charge in [0.15, 0.2) is 43.8 Å². The largest absolute Gasteiger partial charge is 0.432 e. The van der Waals surface area contributed by atoms with E-state index in [0.717, 1.165) is 0 Å². The van der Waals surface area contributed by atoms with E-state index in [1.165, 1.54) is 0 Å². The lowest BCUT2D eigenvalue weighted by Crippen LogP contribution is -2.68. The first-order valence-corrected chi connectivity index (χ1v) is 33.9. The van der Waals surface area contributed by atoms with Gasteiger partial charge in [0.2, 0.25) is 6.29 Å². The number of hydrogen-bond acceptors (Lipinski definition) is 38. The summed E-state index contributed by atoms with van der Waals surface area (Å²) in [6, 6.07) is 0. The second kappa shape index (κ2) is 31.2. The number of carbonyl (C=O) groups is 1. The zero-order valence-corrected chi connectivity index (χ0v) is 54.8. The molecule has 38 nitrogen and oxygen atoms in total. The standard InChI is InChI=1S/C62H100O38/c1-20-11-61-9-5-28-59(2,29(61)6-10-62(20,19-61)100-57-49(97-53-43(82)38(77)32(71)23(14-65)90-53)46(85)47(26(17-68)93-57)95-52-42(81)37(76)31(70)22(13-64)89-52)7-4-8-60(28,3)58(86)99-56-50(98-54-44(83)39(78)33(72)24(15-66)91-54)48(35(74)25(16-67)92-56)96-55-45(84)40(79)34(73)27(94-55)18-87-51-41(80)36(75)30(69)21(12-63)88-51/h21-57,63-85H,1,4-19H2,2-3H3/t21-,22-,23-,24-,25-,26-,27-,28+,29+,30-,31-,32-,33-,34-,35-,36+,37+,38+,39+,40+,41-,42-,43-,44-,45-,46+,47-,48+,49-,50-,51-,52+,53+,54+,55+,56+,57+,59-,60-,61?,62+/m1/s1. The molecule has 1 unspecified atom stereocenters. The summed E-state index contributed by atoms with van der Waals surface area (Å²) in [6.07, 6.45) is -62.7. The molecule has 576 valence electrons. The summed E-state index contributed by atoms with van der Waals surface area (Å²) in [5.41, 5.74) is -3.41. The Morgan fingerprint density at radius 2 is 0.790 bits per heavy atom. The molecule has 0 aromatic carbocycles. The molecule has 11 fully saturated rings. The Morgan fingerprint density at radius 3 is 1.28 bits per heavy atom. The van der Waals surface area contributed by atoms with Crippen LogP contribution in [0.3, 0.4) is 0 Å². The van der Waals surface area contributed by atoms with E-state index >= 15 is 4.79 Å². The lowest BCUT2D eigenvalue weighted by molar-refractivity contribution is -0.395. The molecule has 0 amide bonds. The summed E-state index contributed by atoms with van der Waals surface area (Å²) in [4.78, 5) is 15.6. The van der Waals surface area contributed by atoms with Crippen molar-refractivity contribution >= 4 is 5.97 Å². The van der Waals surface area contributed by atoms with Crippen LogP contribution in [0.5, 0.6) is 0 Å². The van der Waals surface area contributed by atoms with Gasteiger partial charge in [-0.05, 0) is 86.5 Å². The number of fused-ring (bicyclic) bond motifs is 3. The van der Waals surface area contributed by atoms with Crippen LogP contribution in [0.1, 0.15) is 71.6 Å². The van der Waals surface area contributed by atoms with Gasteiger partial charge in [0.25, 0.3) is 0 Å². The topological polar surface area (TPSA) is 612 Å². The van der Waals surface area contributed by atoms with Crippen LogP contribution in [-0.4, -0.2) is 390 Å². The van der Waals surface area contributed by atoms with E-state index in [1.54, 1.807) is 6.92 Å². The van der Waals surface area contributed by atoms with E-state index in [1.807, 2.05) is 0 Å². The Labute approximate surface area is 571 Å². The number of esters is 1. The Balaban J connectivity index is 0.842. The van der Waals surface area contributed by atoms with E-state index in [9.17, 15) is 117 Å². The van der Waals surface area contributed by atoms with Crippen LogP contribution in [0.25, 0.3) is 0 Å². The fourth-order valence-corrected chi connectivity index (χ4v) is 17.8. The number of hydrogen-bond donors (Lipinski definition) is 23. The zero-order valence-electron chi connectivity index (χ0n) is 54.8. The lowest BCUT2D eigenvalue weighted by Gasteiger charge is -2.64. The van der Waals surface area contributed by atoms with Gasteiger partial charge >= 0.3 is 5.97 Å². The van der Waals surface area contributed by atoms with Crippen LogP contribution >= 0.6 is 0 Å². The molecule has 1 spiro atoms. The first kappa shape index (κ1) is 78.8. The van der Waals surface area contributed by atoms with Gasteiger partial charge in [-0.15, -0.1) is 0 Å². The third-order valence-electron chi connectivity index (χ3n) is 23.4. The Kier molecular flexibility index (Phi) is 24.6. The van der Waals surface area contributed by atoms with E-state index in [4.69, 9.17) is 66.3 Å². The number of aliphatic hydroxyl groups is 23. The highest BCUT2D eigenvalue weighted by Gasteiger charge is 2.70. The van der Waals surface area contributed by atoms with E-state index in [-0.39, 0.29) is 25.2 Å². The van der Waals surface area contributed by atoms with Crippen LogP contribution in [0.2, 0.25) is 0 Å². The van der Waals surface area contributed by atoms with E-state index in [0.29, 0.717) is 44.1 Å². The Hall–Kier alpha value is -2.23. The van der Waals surface area contributed by atoms with Gasteiger partial charge in [0.1, 0.15) is 165 Å². The maximum Gasteiger partial charge on any atom is 0.314 e. The lowest BCUT2D eigenvalue weighted by atomic mass is 9.41. The van der Waals surface area contributed by atoms with Crippen molar-refractivity contribution in [1.82, 2.24) is 0 Å². The molecule has 41 atom stereocenters. The molecule has 0 aromatic heterocycles. The summed E-state index contributed by atoms with van der Waals surface area (Å²) in [7, 11) is 0. The Bertz CT molecular complexity index is 2720. The molecule has 11 rings (SSSR count). The fourth-order valence-electron chi connectivity index (χ4n) is 17.8. The van der Waals surface area contributed by atoms with Gasteiger partial charge in [-0.25, -0.2) is 0 Å². The minimum Gasteiger partial charge on any atom is -0.432 e. The van der Waals surface area contributed by atoms with E-state index in [2.05, 4.69) is 13.5 Å². The molecule has 7 heterocycles. The average molecular weight is 1450 g/mol. The zero-order chi connectivity index (χ0) is 72.7. The van der Waals surface area contributed by atoms with Crippen molar-refractivity contribution < 1.29 is 189 Å². The molecular formula is C62H100O38. The van der Waals surface area contributed by atoms with Gasteiger partial charge in [-0.2, -0.15) is 0 Å². The number of aliphatic hydroxyl groups excluding tert-OH is 23. The predicted octanol–water partition coefficient (Wildman–Crippen LogP) is -11.6. The number of ether oxygens (including phenoxy) is 14. The highest BCUT2D eigenvalue weighted by molar-refractivity contribution is 5.77. The van der Waals surface area contributed by atoms with Crippen molar-refractivity contribution in [1.29, 1.82) is 0 Å². The van der Waals surface area contributed by atoms with Crippen LogP contribution in [0.15, 0.2) is 12.2 Å². The average Bonchev–Trinajstić information content (AvgIpc) is 1.45. The van der Waals surface area contributed by atoms with Crippen LogP contribution in [0.4, 0.5) is 0 Å². The van der Waals surface area contributed by atoms with Crippen molar-refractivity contribution in [3.8, 4) is 0 Å². The van der Waals surface area contributed by atoms with Crippen molar-refractivity contribution in [3.63, 3.8) is 0 Å². The summed E-state index contributed by atoms with van der Waals surface area (Å²) < 4.78 is 84.2. The summed E-state index contributed by atoms with van der Waals surface area (Å²) >= 11 is 0. The first-order chi connectivity index (χ1) is 47.3. The first-order valence-electron chi connectivity index (χ1n) is 33.9. The van der Waals surface area contributed by atoms with Crippen LogP contribution in [0, 0.1) is 28.1 Å². The molecule has 7 aliphatic heterocycles. The van der Waals surface area contributed by atoms with E-state index < -0.39 is 295 Å². The van der Waals surface area contributed by atoms with Crippen molar-refractivity contribution in [3.05, 3.63) is 12.2 Å². The fraction of sp³-hybridized carbons (Fsp3) is 0.952. The molecule has 2 bridgehead atoms. The van der Waals surface area contributed by atoms with Crippen molar-refractivity contribution in [2.24, 2.45) is 28.1 Å². The van der Waals surface area contributed by atoms with Crippen LogP contribution in [-0.2, 0) is 71.1 Å². The molecule has 100 heavy (non-hydrogen) atoms. The van der Waals surface area contributed by atoms with Gasteiger partial charge in [-0.1, -0.05) is 19.9 Å². The summed E-state index contributed by atoms with van der Waals surface area (Å²) in [5, 5.41) is 248.